The molecule has 0 aliphatic rings. The Hall–Kier alpha value is -4.50. The lowest BCUT2D eigenvalue weighted by molar-refractivity contribution is -0.112. The molecule has 4 rings (SSSR count). The molecular weight excluding hydrogens is 403 g/mol. The summed E-state index contributed by atoms with van der Waals surface area (Å²) in [4.78, 5) is 12.8. The van der Waals surface area contributed by atoms with Gasteiger partial charge in [-0.2, -0.15) is 10.4 Å². The fraction of sp³-hybridized carbons (Fsp3) is 0.0385. The number of hydrogen-bond donors (Lipinski definition) is 1. The smallest absolute Gasteiger partial charge is 0.266 e. The number of hydrogen-bond acceptors (Lipinski definition) is 3. The number of aromatic nitrogens is 2. The molecule has 5 nitrogen and oxygen atoms in total. The van der Waals surface area contributed by atoms with Crippen LogP contribution in [0.25, 0.3) is 23.0 Å². The Bertz CT molecular complexity index is 1330. The highest BCUT2D eigenvalue weighted by molar-refractivity contribution is 6.10. The van der Waals surface area contributed by atoms with E-state index < -0.39 is 5.91 Å². The Kier molecular flexibility index (Phi) is 5.91. The van der Waals surface area contributed by atoms with Gasteiger partial charge in [0.05, 0.1) is 11.4 Å². The maximum atomic E-state index is 13.4. The van der Waals surface area contributed by atoms with Crippen molar-refractivity contribution in [1.82, 2.24) is 9.78 Å². The van der Waals surface area contributed by atoms with Crippen molar-refractivity contribution in [2.24, 2.45) is 0 Å². The Balaban J connectivity index is 1.76. The lowest BCUT2D eigenvalue weighted by Gasteiger charge is -2.07. The van der Waals surface area contributed by atoms with E-state index in [1.807, 2.05) is 61.5 Å². The Morgan fingerprint density at radius 1 is 1.03 bits per heavy atom. The van der Waals surface area contributed by atoms with Gasteiger partial charge in [-0.1, -0.05) is 36.4 Å². The fourth-order valence-electron chi connectivity index (χ4n) is 3.24. The third-order valence-electron chi connectivity index (χ3n) is 4.94. The predicted molar refractivity (Wildman–Crippen MR) is 122 cm³/mol. The number of rotatable bonds is 5. The van der Waals surface area contributed by atoms with Crippen molar-refractivity contribution >= 4 is 17.7 Å². The van der Waals surface area contributed by atoms with Gasteiger partial charge in [-0.15, -0.1) is 0 Å². The molecule has 156 valence electrons. The van der Waals surface area contributed by atoms with Crippen LogP contribution in [0.5, 0.6) is 0 Å². The summed E-state index contributed by atoms with van der Waals surface area (Å²) in [6.07, 6.45) is 3.24. The molecule has 3 aromatic carbocycles. The van der Waals surface area contributed by atoms with E-state index in [9.17, 15) is 14.4 Å². The summed E-state index contributed by atoms with van der Waals surface area (Å²) in [7, 11) is 0. The lowest BCUT2D eigenvalue weighted by Crippen LogP contribution is -2.14. The number of nitrogens with one attached hydrogen (secondary N) is 1. The van der Waals surface area contributed by atoms with E-state index in [4.69, 9.17) is 0 Å². The summed E-state index contributed by atoms with van der Waals surface area (Å²) in [5.41, 5.74) is 4.05. The van der Waals surface area contributed by atoms with Crippen LogP contribution >= 0.6 is 0 Å². The molecule has 0 atom stereocenters. The van der Waals surface area contributed by atoms with E-state index in [2.05, 4.69) is 10.4 Å². The maximum absolute atomic E-state index is 13.4. The quantitative estimate of drug-likeness (QED) is 0.339. The second kappa shape index (κ2) is 9.11. The number of carbonyl (C=O) groups excluding carboxylic acids is 1. The van der Waals surface area contributed by atoms with Gasteiger partial charge < -0.3 is 5.32 Å². The van der Waals surface area contributed by atoms with Gasteiger partial charge >= 0.3 is 0 Å². The minimum atomic E-state index is -0.515. The fourth-order valence-corrected chi connectivity index (χ4v) is 3.24. The summed E-state index contributed by atoms with van der Waals surface area (Å²) < 4.78 is 15.1. The first kappa shape index (κ1) is 20.8. The van der Waals surface area contributed by atoms with Crippen molar-refractivity contribution in [3.8, 4) is 23.0 Å². The minimum absolute atomic E-state index is 0.0655. The number of benzene rings is 3. The number of halogens is 1. The molecule has 6 heteroatoms. The number of para-hydroxylation sites is 2. The highest BCUT2D eigenvalue weighted by atomic mass is 19.1. The zero-order valence-electron chi connectivity index (χ0n) is 17.3. The van der Waals surface area contributed by atoms with Crippen LogP contribution in [0.3, 0.4) is 0 Å². The van der Waals surface area contributed by atoms with Crippen LogP contribution in [0.1, 0.15) is 11.1 Å². The van der Waals surface area contributed by atoms with E-state index >= 15 is 0 Å². The van der Waals surface area contributed by atoms with Crippen molar-refractivity contribution in [3.63, 3.8) is 0 Å². The molecule has 0 saturated carbocycles. The summed E-state index contributed by atoms with van der Waals surface area (Å²) in [5, 5.41) is 17.1. The normalized spacial score (nSPS) is 11.1. The number of carbonyl (C=O) groups is 1. The van der Waals surface area contributed by atoms with Crippen molar-refractivity contribution in [1.29, 1.82) is 5.26 Å². The van der Waals surface area contributed by atoms with E-state index in [1.54, 1.807) is 29.1 Å². The Morgan fingerprint density at radius 2 is 1.72 bits per heavy atom. The standard InChI is InChI=1S/C26H19FN4O/c1-18-7-5-6-10-24(18)29-26(32)20(16-28)15-21-17-31(23-8-3-2-4-9-23)30-25(21)19-11-13-22(27)14-12-19/h2-15,17H,1H3,(H,29,32)/b20-15+. The van der Waals surface area contributed by atoms with Crippen LogP contribution in [0.2, 0.25) is 0 Å². The number of amides is 1. The summed E-state index contributed by atoms with van der Waals surface area (Å²) in [5.74, 6) is -0.872. The molecule has 0 saturated heterocycles. The molecule has 1 heterocycles. The van der Waals surface area contributed by atoms with Crippen LogP contribution in [0, 0.1) is 24.1 Å². The Morgan fingerprint density at radius 3 is 2.41 bits per heavy atom. The van der Waals surface area contributed by atoms with E-state index in [0.717, 1.165) is 11.3 Å². The van der Waals surface area contributed by atoms with Gasteiger partial charge in [-0.3, -0.25) is 4.79 Å². The first-order chi connectivity index (χ1) is 15.5. The average molecular weight is 422 g/mol. The van der Waals surface area contributed by atoms with Gasteiger partial charge in [0.1, 0.15) is 17.5 Å². The zero-order chi connectivity index (χ0) is 22.5. The van der Waals surface area contributed by atoms with E-state index in [1.165, 1.54) is 18.2 Å². The first-order valence-electron chi connectivity index (χ1n) is 9.95. The largest absolute Gasteiger partial charge is 0.321 e. The van der Waals surface area contributed by atoms with Crippen LogP contribution in [-0.4, -0.2) is 15.7 Å². The molecule has 0 spiro atoms. The highest BCUT2D eigenvalue weighted by Gasteiger charge is 2.16. The van der Waals surface area contributed by atoms with Crippen molar-refractivity contribution < 1.29 is 9.18 Å². The predicted octanol–water partition coefficient (Wildman–Crippen LogP) is 5.53. The lowest BCUT2D eigenvalue weighted by atomic mass is 10.1. The van der Waals surface area contributed by atoms with Gasteiger partial charge in [-0.05, 0) is 61.0 Å². The molecule has 4 aromatic rings. The van der Waals surface area contributed by atoms with E-state index in [0.29, 0.717) is 22.5 Å². The van der Waals surface area contributed by atoms with Crippen LogP contribution in [-0.2, 0) is 4.79 Å². The summed E-state index contributed by atoms with van der Waals surface area (Å²) in [6.45, 7) is 1.88. The topological polar surface area (TPSA) is 70.7 Å². The van der Waals surface area contributed by atoms with Crippen LogP contribution in [0.15, 0.2) is 90.6 Å². The SMILES string of the molecule is Cc1ccccc1NC(=O)/C(C#N)=C/c1cn(-c2ccccc2)nc1-c1ccc(F)cc1. The Labute approximate surface area is 185 Å². The van der Waals surface area contributed by atoms with Gasteiger partial charge in [0.25, 0.3) is 5.91 Å². The van der Waals surface area contributed by atoms with Crippen LogP contribution < -0.4 is 5.32 Å². The van der Waals surface area contributed by atoms with E-state index in [-0.39, 0.29) is 11.4 Å². The highest BCUT2D eigenvalue weighted by Crippen LogP contribution is 2.26. The number of nitrogens with zero attached hydrogens (tertiary/aromatic N) is 3. The molecule has 0 aliphatic carbocycles. The van der Waals surface area contributed by atoms with Crippen LogP contribution in [0.4, 0.5) is 10.1 Å². The molecule has 1 N–H and O–H groups in total. The molecular formula is C26H19FN4O. The molecule has 0 unspecified atom stereocenters. The monoisotopic (exact) mass is 422 g/mol. The van der Waals surface area contributed by atoms with Gasteiger partial charge in [-0.25, -0.2) is 9.07 Å². The third-order valence-corrected chi connectivity index (χ3v) is 4.94. The van der Waals surface area contributed by atoms with Gasteiger partial charge in [0, 0.05) is 23.0 Å². The molecule has 1 amide bonds. The second-order valence-electron chi connectivity index (χ2n) is 7.16. The first-order valence-corrected chi connectivity index (χ1v) is 9.95. The average Bonchev–Trinajstić information content (AvgIpc) is 3.24. The molecule has 0 radical (unpaired) electrons. The molecule has 0 bridgehead atoms. The molecule has 0 aliphatic heterocycles. The third kappa shape index (κ3) is 4.47. The minimum Gasteiger partial charge on any atom is -0.321 e. The zero-order valence-corrected chi connectivity index (χ0v) is 17.3. The number of aryl methyl sites for hydroxylation is 1. The van der Waals surface area contributed by atoms with Gasteiger partial charge in [0.15, 0.2) is 0 Å². The number of anilines is 1. The molecule has 32 heavy (non-hydrogen) atoms. The summed E-state index contributed by atoms with van der Waals surface area (Å²) >= 11 is 0. The second-order valence-corrected chi connectivity index (χ2v) is 7.16. The van der Waals surface area contributed by atoms with Crippen molar-refractivity contribution in [2.45, 2.75) is 6.92 Å². The van der Waals surface area contributed by atoms with Crippen molar-refractivity contribution in [2.75, 3.05) is 5.32 Å². The number of nitriles is 1. The molecule has 0 fully saturated rings. The summed E-state index contributed by atoms with van der Waals surface area (Å²) in [6, 6.07) is 24.7. The molecule has 1 aromatic heterocycles. The van der Waals surface area contributed by atoms with Crippen molar-refractivity contribution in [3.05, 3.63) is 108 Å². The maximum Gasteiger partial charge on any atom is 0.266 e. The van der Waals surface area contributed by atoms with Gasteiger partial charge in [0.2, 0.25) is 0 Å².